The van der Waals surface area contributed by atoms with E-state index in [0.717, 1.165) is 5.75 Å². The molecule has 0 saturated heterocycles. The number of fused-ring (bicyclic) bond motifs is 1. The van der Waals surface area contributed by atoms with Crippen molar-refractivity contribution in [2.45, 2.75) is 39.2 Å². The van der Waals surface area contributed by atoms with E-state index in [0.29, 0.717) is 6.04 Å². The standard InChI is InChI=1S/C19H23NO/c1-13-11-12-17(14(2)19(13)21-3)20-18-10-6-8-15-7-4-5-9-16(15)18/h4-5,7,9,11-12,18,20H,6,8,10H2,1-3H3. The van der Waals surface area contributed by atoms with Gasteiger partial charge in [0.05, 0.1) is 13.2 Å². The molecule has 0 radical (unpaired) electrons. The third-order valence-corrected chi connectivity index (χ3v) is 4.51. The van der Waals surface area contributed by atoms with Gasteiger partial charge in [-0.1, -0.05) is 30.3 Å². The number of nitrogens with one attached hydrogen (secondary N) is 1. The van der Waals surface area contributed by atoms with Crippen LogP contribution in [0.3, 0.4) is 0 Å². The van der Waals surface area contributed by atoms with E-state index in [1.165, 1.54) is 47.2 Å². The first-order valence-corrected chi connectivity index (χ1v) is 7.69. The average molecular weight is 281 g/mol. The molecule has 2 aromatic carbocycles. The normalized spacial score (nSPS) is 17.2. The SMILES string of the molecule is COc1c(C)ccc(NC2CCCc3ccccc32)c1C. The van der Waals surface area contributed by atoms with E-state index in [1.807, 2.05) is 0 Å². The summed E-state index contributed by atoms with van der Waals surface area (Å²) in [6, 6.07) is 13.5. The lowest BCUT2D eigenvalue weighted by Crippen LogP contribution is -2.17. The smallest absolute Gasteiger partial charge is 0.126 e. The zero-order valence-electron chi connectivity index (χ0n) is 13.1. The summed E-state index contributed by atoms with van der Waals surface area (Å²) in [7, 11) is 1.75. The first-order valence-electron chi connectivity index (χ1n) is 7.69. The molecule has 0 heterocycles. The summed E-state index contributed by atoms with van der Waals surface area (Å²) in [6.45, 7) is 4.22. The van der Waals surface area contributed by atoms with Crippen molar-refractivity contribution in [1.82, 2.24) is 0 Å². The molecule has 3 rings (SSSR count). The lowest BCUT2D eigenvalue weighted by molar-refractivity contribution is 0.408. The minimum atomic E-state index is 0.404. The molecule has 0 bridgehead atoms. The molecule has 110 valence electrons. The van der Waals surface area contributed by atoms with Crippen LogP contribution >= 0.6 is 0 Å². The number of anilines is 1. The highest BCUT2D eigenvalue weighted by molar-refractivity contribution is 5.60. The second kappa shape index (κ2) is 5.80. The number of aryl methyl sites for hydroxylation is 2. The van der Waals surface area contributed by atoms with Crippen molar-refractivity contribution in [3.63, 3.8) is 0 Å². The number of ether oxygens (including phenoxy) is 1. The zero-order valence-corrected chi connectivity index (χ0v) is 13.1. The van der Waals surface area contributed by atoms with Crippen molar-refractivity contribution >= 4 is 5.69 Å². The van der Waals surface area contributed by atoms with Crippen LogP contribution in [0.25, 0.3) is 0 Å². The molecule has 0 aromatic heterocycles. The summed E-state index contributed by atoms with van der Waals surface area (Å²) in [5, 5.41) is 3.73. The Morgan fingerprint density at radius 1 is 1.10 bits per heavy atom. The molecule has 21 heavy (non-hydrogen) atoms. The molecule has 2 nitrogen and oxygen atoms in total. The Bertz CT molecular complexity index is 648. The molecule has 1 aliphatic carbocycles. The van der Waals surface area contributed by atoms with Gasteiger partial charge in [-0.3, -0.25) is 0 Å². The molecule has 1 atom stereocenters. The van der Waals surface area contributed by atoms with Crippen LogP contribution in [0.1, 0.15) is 41.1 Å². The topological polar surface area (TPSA) is 21.3 Å². The summed E-state index contributed by atoms with van der Waals surface area (Å²) in [5.41, 5.74) is 6.49. The fourth-order valence-electron chi connectivity index (χ4n) is 3.39. The number of methoxy groups -OCH3 is 1. The minimum Gasteiger partial charge on any atom is -0.496 e. The maximum Gasteiger partial charge on any atom is 0.126 e. The van der Waals surface area contributed by atoms with Gasteiger partial charge in [-0.15, -0.1) is 0 Å². The van der Waals surface area contributed by atoms with E-state index in [4.69, 9.17) is 4.74 Å². The van der Waals surface area contributed by atoms with Crippen molar-refractivity contribution < 1.29 is 4.74 Å². The van der Waals surface area contributed by atoms with Crippen molar-refractivity contribution in [3.05, 3.63) is 58.7 Å². The second-order valence-corrected chi connectivity index (χ2v) is 5.88. The number of hydrogen-bond acceptors (Lipinski definition) is 2. The Kier molecular flexibility index (Phi) is 3.87. The molecule has 1 aliphatic rings. The average Bonchev–Trinajstić information content (AvgIpc) is 2.51. The van der Waals surface area contributed by atoms with Crippen LogP contribution in [0.2, 0.25) is 0 Å². The maximum absolute atomic E-state index is 5.54. The van der Waals surface area contributed by atoms with E-state index in [-0.39, 0.29) is 0 Å². The van der Waals surface area contributed by atoms with Gasteiger partial charge in [0.15, 0.2) is 0 Å². The predicted octanol–water partition coefficient (Wildman–Crippen LogP) is 4.80. The van der Waals surface area contributed by atoms with E-state index < -0.39 is 0 Å². The lowest BCUT2D eigenvalue weighted by Gasteiger charge is -2.28. The van der Waals surface area contributed by atoms with Crippen LogP contribution in [-0.4, -0.2) is 7.11 Å². The Hall–Kier alpha value is -1.96. The second-order valence-electron chi connectivity index (χ2n) is 5.88. The van der Waals surface area contributed by atoms with Gasteiger partial charge in [0, 0.05) is 11.3 Å². The number of hydrogen-bond donors (Lipinski definition) is 1. The quantitative estimate of drug-likeness (QED) is 0.872. The Morgan fingerprint density at radius 3 is 2.71 bits per heavy atom. The van der Waals surface area contributed by atoms with Crippen LogP contribution in [0.5, 0.6) is 5.75 Å². The van der Waals surface area contributed by atoms with Crippen molar-refractivity contribution in [2.75, 3.05) is 12.4 Å². The van der Waals surface area contributed by atoms with Gasteiger partial charge in [-0.25, -0.2) is 0 Å². The van der Waals surface area contributed by atoms with Gasteiger partial charge < -0.3 is 10.1 Å². The Balaban J connectivity index is 1.92. The third-order valence-electron chi connectivity index (χ3n) is 4.51. The van der Waals surface area contributed by atoms with Crippen LogP contribution < -0.4 is 10.1 Å². The molecular weight excluding hydrogens is 258 g/mol. The molecule has 0 aliphatic heterocycles. The molecule has 0 amide bonds. The molecular formula is C19H23NO. The minimum absolute atomic E-state index is 0.404. The maximum atomic E-state index is 5.54. The van der Waals surface area contributed by atoms with Crippen molar-refractivity contribution in [3.8, 4) is 5.75 Å². The van der Waals surface area contributed by atoms with E-state index in [2.05, 4.69) is 55.6 Å². The Morgan fingerprint density at radius 2 is 1.90 bits per heavy atom. The lowest BCUT2D eigenvalue weighted by atomic mass is 9.87. The fraction of sp³-hybridized carbons (Fsp3) is 0.368. The van der Waals surface area contributed by atoms with E-state index in [9.17, 15) is 0 Å². The fourth-order valence-corrected chi connectivity index (χ4v) is 3.39. The number of rotatable bonds is 3. The predicted molar refractivity (Wildman–Crippen MR) is 88.2 cm³/mol. The molecule has 2 aromatic rings. The monoisotopic (exact) mass is 281 g/mol. The summed E-state index contributed by atoms with van der Waals surface area (Å²) < 4.78 is 5.54. The Labute approximate surface area is 127 Å². The summed E-state index contributed by atoms with van der Waals surface area (Å²) >= 11 is 0. The molecule has 0 fully saturated rings. The number of benzene rings is 2. The molecule has 1 N–H and O–H groups in total. The molecule has 2 heteroatoms. The van der Waals surface area contributed by atoms with Crippen molar-refractivity contribution in [1.29, 1.82) is 0 Å². The van der Waals surface area contributed by atoms with E-state index >= 15 is 0 Å². The van der Waals surface area contributed by atoms with E-state index in [1.54, 1.807) is 7.11 Å². The first kappa shape index (κ1) is 14.0. The van der Waals surface area contributed by atoms with Gasteiger partial charge >= 0.3 is 0 Å². The molecule has 0 spiro atoms. The highest BCUT2D eigenvalue weighted by atomic mass is 16.5. The summed E-state index contributed by atoms with van der Waals surface area (Å²) in [5.74, 6) is 0.990. The van der Waals surface area contributed by atoms with Gasteiger partial charge in [-0.05, 0) is 55.9 Å². The highest BCUT2D eigenvalue weighted by Gasteiger charge is 2.20. The zero-order chi connectivity index (χ0) is 14.8. The largest absolute Gasteiger partial charge is 0.496 e. The molecule has 1 unspecified atom stereocenters. The van der Waals surface area contributed by atoms with Crippen LogP contribution in [-0.2, 0) is 6.42 Å². The van der Waals surface area contributed by atoms with Gasteiger partial charge in [0.1, 0.15) is 5.75 Å². The molecule has 0 saturated carbocycles. The highest BCUT2D eigenvalue weighted by Crippen LogP contribution is 2.36. The van der Waals surface area contributed by atoms with Gasteiger partial charge in [0.2, 0.25) is 0 Å². The summed E-state index contributed by atoms with van der Waals surface area (Å²) in [4.78, 5) is 0. The van der Waals surface area contributed by atoms with Gasteiger partial charge in [-0.2, -0.15) is 0 Å². The summed E-state index contributed by atoms with van der Waals surface area (Å²) in [6.07, 6.45) is 3.63. The third kappa shape index (κ3) is 2.63. The first-order chi connectivity index (χ1) is 10.2. The van der Waals surface area contributed by atoms with Crippen LogP contribution in [0, 0.1) is 13.8 Å². The van der Waals surface area contributed by atoms with Crippen LogP contribution in [0.15, 0.2) is 36.4 Å². The van der Waals surface area contributed by atoms with Gasteiger partial charge in [0.25, 0.3) is 0 Å². The van der Waals surface area contributed by atoms with Crippen LogP contribution in [0.4, 0.5) is 5.69 Å². The van der Waals surface area contributed by atoms with Crippen molar-refractivity contribution in [2.24, 2.45) is 0 Å².